The van der Waals surface area contributed by atoms with Crippen molar-refractivity contribution in [3.63, 3.8) is 0 Å². The molecule has 0 radical (unpaired) electrons. The molecule has 2 heterocycles. The topological polar surface area (TPSA) is 85.4 Å². The van der Waals surface area contributed by atoms with Gasteiger partial charge in [0.1, 0.15) is 12.4 Å². The van der Waals surface area contributed by atoms with Gasteiger partial charge >= 0.3 is 5.97 Å². The number of carbonyl (C=O) groups is 1. The summed E-state index contributed by atoms with van der Waals surface area (Å²) in [6, 6.07) is 15.9. The molecular weight excluding hydrogens is 570 g/mol. The molecule has 1 aromatic heterocycles. The largest absolute Gasteiger partial charge is 0.460 e. The second-order valence-electron chi connectivity index (χ2n) is 12.6. The number of nitrogens with zero attached hydrogens (tertiary/aromatic N) is 3. The highest BCUT2D eigenvalue weighted by atomic mass is 35.5. The summed E-state index contributed by atoms with van der Waals surface area (Å²) >= 11 is 6.80. The number of hydrogen-bond acceptors (Lipinski definition) is 6. The smallest absolute Gasteiger partial charge is 0.312 e. The Hall–Kier alpha value is -3.29. The van der Waals surface area contributed by atoms with Crippen LogP contribution in [-0.4, -0.2) is 40.1 Å². The van der Waals surface area contributed by atoms with Gasteiger partial charge in [0.25, 0.3) is 0 Å². The number of benzene rings is 2. The first-order chi connectivity index (χ1) is 21.2. The van der Waals surface area contributed by atoms with Crippen LogP contribution in [-0.2, 0) is 29.2 Å². The van der Waals surface area contributed by atoms with E-state index in [2.05, 4.69) is 27.8 Å². The number of hydrogen-bond donors (Lipinski definition) is 2. The van der Waals surface area contributed by atoms with Crippen LogP contribution in [0.15, 0.2) is 72.8 Å². The van der Waals surface area contributed by atoms with E-state index < -0.39 is 5.41 Å². The molecule has 238 valence electrons. The SMILES string of the molecule is CCN/C=C(\N)CCC(c1ccc(Cl)c(Cn2ccnc2CN2CCC(CC)CC2)c1)C(C)(C)C(=O)OCc1ccccc1. The minimum absolute atomic E-state index is 0.141. The number of carbonyl (C=O) groups excluding carboxylic acids is 1. The van der Waals surface area contributed by atoms with Gasteiger partial charge in [-0.15, -0.1) is 0 Å². The summed E-state index contributed by atoms with van der Waals surface area (Å²) in [6.45, 7) is 13.0. The van der Waals surface area contributed by atoms with E-state index >= 15 is 0 Å². The fourth-order valence-electron chi connectivity index (χ4n) is 6.12. The van der Waals surface area contributed by atoms with Gasteiger partial charge in [0.15, 0.2) is 0 Å². The van der Waals surface area contributed by atoms with E-state index in [1.54, 1.807) is 0 Å². The fourth-order valence-corrected chi connectivity index (χ4v) is 6.29. The van der Waals surface area contributed by atoms with Crippen molar-refractivity contribution in [2.24, 2.45) is 17.1 Å². The third kappa shape index (κ3) is 9.12. The highest BCUT2D eigenvalue weighted by Gasteiger charge is 2.39. The lowest BCUT2D eigenvalue weighted by molar-refractivity contribution is -0.156. The lowest BCUT2D eigenvalue weighted by atomic mass is 9.72. The Morgan fingerprint density at radius 2 is 1.91 bits per heavy atom. The predicted molar refractivity (Wildman–Crippen MR) is 179 cm³/mol. The monoisotopic (exact) mass is 619 g/mol. The molecule has 3 aromatic rings. The van der Waals surface area contributed by atoms with Gasteiger partial charge in [-0.25, -0.2) is 4.98 Å². The van der Waals surface area contributed by atoms with Gasteiger partial charge in [-0.3, -0.25) is 9.69 Å². The molecule has 1 aliphatic heterocycles. The summed E-state index contributed by atoms with van der Waals surface area (Å²) in [5, 5.41) is 3.88. The van der Waals surface area contributed by atoms with E-state index in [9.17, 15) is 4.79 Å². The van der Waals surface area contributed by atoms with Gasteiger partial charge < -0.3 is 20.4 Å². The lowest BCUT2D eigenvalue weighted by Crippen LogP contribution is -2.34. The van der Waals surface area contributed by atoms with E-state index in [1.807, 2.05) is 81.8 Å². The predicted octanol–water partition coefficient (Wildman–Crippen LogP) is 7.25. The Kier molecular flexibility index (Phi) is 12.3. The van der Waals surface area contributed by atoms with E-state index in [0.717, 1.165) is 60.3 Å². The molecule has 0 amide bonds. The summed E-state index contributed by atoms with van der Waals surface area (Å²) < 4.78 is 8.06. The molecule has 1 saturated heterocycles. The molecule has 1 atom stereocenters. The third-order valence-corrected chi connectivity index (χ3v) is 9.46. The van der Waals surface area contributed by atoms with E-state index in [0.29, 0.717) is 24.4 Å². The minimum Gasteiger partial charge on any atom is -0.460 e. The lowest BCUT2D eigenvalue weighted by Gasteiger charge is -2.33. The standard InChI is InChI=1S/C36H50ClN5O2/c1-5-27-16-19-41(20-17-27)25-34-40-18-21-42(34)24-30-22-29(12-15-33(30)37)32(14-13-31(38)23-39-6-2)36(3,4)35(43)44-26-28-10-8-7-9-11-28/h7-12,15,18,21-23,27,32,39H,5-6,13-14,16-17,19-20,24-26,38H2,1-4H3/b31-23-. The van der Waals surface area contributed by atoms with Crippen LogP contribution in [0.2, 0.25) is 5.02 Å². The number of nitrogens with one attached hydrogen (secondary N) is 1. The fraction of sp³-hybridized carbons (Fsp3) is 0.500. The van der Waals surface area contributed by atoms with Crippen molar-refractivity contribution in [3.05, 3.63) is 100 Å². The molecule has 7 nitrogen and oxygen atoms in total. The normalized spacial score (nSPS) is 15.7. The summed E-state index contributed by atoms with van der Waals surface area (Å²) in [4.78, 5) is 20.8. The summed E-state index contributed by atoms with van der Waals surface area (Å²) in [6.07, 6.45) is 10.9. The Morgan fingerprint density at radius 1 is 1.16 bits per heavy atom. The zero-order valence-electron chi connectivity index (χ0n) is 26.9. The summed E-state index contributed by atoms with van der Waals surface area (Å²) in [5.74, 6) is 1.51. The van der Waals surface area contributed by atoms with Crippen molar-refractivity contribution >= 4 is 17.6 Å². The molecule has 1 aliphatic rings. The van der Waals surface area contributed by atoms with E-state index in [1.165, 1.54) is 19.3 Å². The van der Waals surface area contributed by atoms with Crippen molar-refractivity contribution in [1.29, 1.82) is 0 Å². The molecule has 2 aromatic carbocycles. The number of likely N-dealkylation sites (tertiary alicyclic amines) is 1. The van der Waals surface area contributed by atoms with E-state index in [4.69, 9.17) is 27.1 Å². The van der Waals surface area contributed by atoms with Crippen LogP contribution >= 0.6 is 11.6 Å². The second-order valence-corrected chi connectivity index (χ2v) is 13.0. The number of allylic oxidation sites excluding steroid dienone is 1. The van der Waals surface area contributed by atoms with Crippen molar-refractivity contribution in [2.75, 3.05) is 19.6 Å². The maximum absolute atomic E-state index is 13.6. The van der Waals surface area contributed by atoms with Crippen molar-refractivity contribution in [3.8, 4) is 0 Å². The Bertz CT molecular complexity index is 1360. The quantitative estimate of drug-likeness (QED) is 0.174. The first-order valence-electron chi connectivity index (χ1n) is 16.1. The van der Waals surface area contributed by atoms with Crippen molar-refractivity contribution < 1.29 is 9.53 Å². The third-order valence-electron chi connectivity index (χ3n) is 9.09. The molecule has 4 rings (SSSR count). The van der Waals surface area contributed by atoms with Gasteiger partial charge in [0, 0.05) is 35.9 Å². The van der Waals surface area contributed by atoms with Crippen molar-refractivity contribution in [1.82, 2.24) is 19.8 Å². The Balaban J connectivity index is 1.55. The van der Waals surface area contributed by atoms with Crippen LogP contribution in [0, 0.1) is 11.3 Å². The zero-order chi connectivity index (χ0) is 31.5. The highest BCUT2D eigenvalue weighted by molar-refractivity contribution is 6.31. The average molecular weight is 620 g/mol. The zero-order valence-corrected chi connectivity index (χ0v) is 27.7. The highest BCUT2D eigenvalue weighted by Crippen LogP contribution is 2.42. The average Bonchev–Trinajstić information content (AvgIpc) is 3.47. The molecule has 0 spiro atoms. The Labute approximate surface area is 268 Å². The molecule has 44 heavy (non-hydrogen) atoms. The van der Waals surface area contributed by atoms with Gasteiger partial charge in [0.2, 0.25) is 0 Å². The second kappa shape index (κ2) is 16.1. The number of ether oxygens (including phenoxy) is 1. The Morgan fingerprint density at radius 3 is 2.61 bits per heavy atom. The molecule has 0 aliphatic carbocycles. The molecule has 0 bridgehead atoms. The van der Waals surface area contributed by atoms with E-state index in [-0.39, 0.29) is 18.5 Å². The maximum atomic E-state index is 13.6. The van der Waals surface area contributed by atoms with Gasteiger partial charge in [-0.1, -0.05) is 67.4 Å². The number of imidazole rings is 1. The van der Waals surface area contributed by atoms with Crippen LogP contribution in [0.25, 0.3) is 0 Å². The number of halogens is 1. The van der Waals surface area contributed by atoms with Gasteiger partial charge in [0.05, 0.1) is 18.5 Å². The van der Waals surface area contributed by atoms with Crippen LogP contribution in [0.4, 0.5) is 0 Å². The first kappa shape index (κ1) is 33.6. The van der Waals surface area contributed by atoms with Crippen LogP contribution in [0.3, 0.4) is 0 Å². The first-order valence-corrected chi connectivity index (χ1v) is 16.5. The molecule has 3 N–H and O–H groups in total. The number of piperidine rings is 1. The molecule has 1 fully saturated rings. The number of rotatable bonds is 15. The van der Waals surface area contributed by atoms with Crippen LogP contribution < -0.4 is 11.1 Å². The molecular formula is C36H50ClN5O2. The number of esters is 1. The van der Waals surface area contributed by atoms with Gasteiger partial charge in [-0.05, 0) is 94.1 Å². The number of nitrogens with two attached hydrogens (primary N) is 1. The van der Waals surface area contributed by atoms with Crippen LogP contribution in [0.1, 0.15) is 88.2 Å². The minimum atomic E-state index is -0.802. The summed E-state index contributed by atoms with van der Waals surface area (Å²) in [7, 11) is 0. The molecule has 1 unspecified atom stereocenters. The maximum Gasteiger partial charge on any atom is 0.312 e. The van der Waals surface area contributed by atoms with Gasteiger partial charge in [-0.2, -0.15) is 0 Å². The molecule has 8 heteroatoms. The van der Waals surface area contributed by atoms with Crippen LogP contribution in [0.5, 0.6) is 0 Å². The molecule has 0 saturated carbocycles. The number of aromatic nitrogens is 2. The van der Waals surface area contributed by atoms with Crippen molar-refractivity contribution in [2.45, 2.75) is 85.4 Å². The summed E-state index contributed by atoms with van der Waals surface area (Å²) in [5.41, 5.74) is 9.31.